The lowest BCUT2D eigenvalue weighted by atomic mass is 10.00. The molecule has 0 spiro atoms. The van der Waals surface area contributed by atoms with E-state index < -0.39 is 17.6 Å². The molecular formula is C25H22F4N4. The number of nitrogens with one attached hydrogen (secondary N) is 1. The molecule has 3 aromatic carbocycles. The Morgan fingerprint density at radius 1 is 0.939 bits per heavy atom. The monoisotopic (exact) mass is 454 g/mol. The van der Waals surface area contributed by atoms with Gasteiger partial charge in [0.15, 0.2) is 5.82 Å². The standard InChI is InChI=1S/C25H22F4N4/c1-15-5-2-8-19-22(15)32-23(33-24(19)31-12-4-11-30)17-7-3-6-16(13-17)20-14-18(25(27,28)29)9-10-21(20)26/h2-3,5-10,13-14H,4,11-12,30H2,1H3,(H,31,32,33). The molecule has 0 atom stereocenters. The van der Waals surface area contributed by atoms with E-state index in [1.165, 1.54) is 0 Å². The highest BCUT2D eigenvalue weighted by Crippen LogP contribution is 2.35. The average molecular weight is 454 g/mol. The first-order chi connectivity index (χ1) is 15.8. The summed E-state index contributed by atoms with van der Waals surface area (Å²) in [7, 11) is 0. The zero-order valence-corrected chi connectivity index (χ0v) is 17.9. The maximum atomic E-state index is 14.5. The largest absolute Gasteiger partial charge is 0.416 e. The van der Waals surface area contributed by atoms with Crippen LogP contribution in [0.2, 0.25) is 0 Å². The van der Waals surface area contributed by atoms with Gasteiger partial charge in [-0.05, 0) is 61.3 Å². The molecule has 1 heterocycles. The van der Waals surface area contributed by atoms with Crippen molar-refractivity contribution in [3.63, 3.8) is 0 Å². The maximum absolute atomic E-state index is 14.5. The number of hydrogen-bond donors (Lipinski definition) is 2. The second-order valence-corrected chi connectivity index (χ2v) is 7.71. The number of alkyl halides is 3. The second kappa shape index (κ2) is 9.15. The van der Waals surface area contributed by atoms with Crippen LogP contribution in [0.25, 0.3) is 33.4 Å². The first-order valence-corrected chi connectivity index (χ1v) is 10.5. The van der Waals surface area contributed by atoms with Crippen molar-refractivity contribution in [2.75, 3.05) is 18.4 Å². The van der Waals surface area contributed by atoms with E-state index >= 15 is 0 Å². The smallest absolute Gasteiger partial charge is 0.369 e. The average Bonchev–Trinajstić information content (AvgIpc) is 2.79. The Kier molecular flexibility index (Phi) is 6.29. The fourth-order valence-electron chi connectivity index (χ4n) is 3.62. The van der Waals surface area contributed by atoms with Gasteiger partial charge in [-0.15, -0.1) is 0 Å². The quantitative estimate of drug-likeness (QED) is 0.269. The van der Waals surface area contributed by atoms with E-state index in [1.807, 2.05) is 25.1 Å². The van der Waals surface area contributed by atoms with Crippen LogP contribution in [0.1, 0.15) is 17.5 Å². The van der Waals surface area contributed by atoms with Crippen LogP contribution >= 0.6 is 0 Å². The third-order valence-corrected chi connectivity index (χ3v) is 5.33. The van der Waals surface area contributed by atoms with E-state index in [1.54, 1.807) is 24.3 Å². The van der Waals surface area contributed by atoms with Crippen molar-refractivity contribution in [1.29, 1.82) is 0 Å². The molecule has 170 valence electrons. The van der Waals surface area contributed by atoms with Gasteiger partial charge in [-0.3, -0.25) is 0 Å². The highest BCUT2D eigenvalue weighted by Gasteiger charge is 2.31. The summed E-state index contributed by atoms with van der Waals surface area (Å²) in [5, 5.41) is 4.15. The van der Waals surface area contributed by atoms with Gasteiger partial charge in [0, 0.05) is 23.1 Å². The normalized spacial score (nSPS) is 11.7. The summed E-state index contributed by atoms with van der Waals surface area (Å²) in [4.78, 5) is 9.36. The number of anilines is 1. The Bertz CT molecular complexity index is 1300. The summed E-state index contributed by atoms with van der Waals surface area (Å²) in [6.45, 7) is 3.11. The molecule has 4 rings (SSSR count). The van der Waals surface area contributed by atoms with Crippen LogP contribution in [-0.2, 0) is 6.18 Å². The highest BCUT2D eigenvalue weighted by atomic mass is 19.4. The highest BCUT2D eigenvalue weighted by molar-refractivity contribution is 5.92. The van der Waals surface area contributed by atoms with Crippen LogP contribution in [-0.4, -0.2) is 23.1 Å². The minimum Gasteiger partial charge on any atom is -0.369 e. The zero-order valence-electron chi connectivity index (χ0n) is 17.9. The van der Waals surface area contributed by atoms with E-state index in [0.29, 0.717) is 35.9 Å². The molecule has 0 radical (unpaired) electrons. The number of nitrogens with zero attached hydrogens (tertiary/aromatic N) is 2. The van der Waals surface area contributed by atoms with Gasteiger partial charge in [-0.1, -0.05) is 30.3 Å². The summed E-state index contributed by atoms with van der Waals surface area (Å²) in [5.74, 6) is 0.295. The number of nitrogens with two attached hydrogens (primary N) is 1. The molecule has 0 saturated carbocycles. The topological polar surface area (TPSA) is 63.8 Å². The van der Waals surface area contributed by atoms with Gasteiger partial charge in [-0.2, -0.15) is 13.2 Å². The van der Waals surface area contributed by atoms with Gasteiger partial charge in [0.05, 0.1) is 11.1 Å². The number of aryl methyl sites for hydroxylation is 1. The molecule has 0 amide bonds. The number of para-hydroxylation sites is 1. The predicted octanol–water partition coefficient (Wildman–Crippen LogP) is 6.19. The second-order valence-electron chi connectivity index (χ2n) is 7.71. The Labute approximate surface area is 188 Å². The molecule has 0 unspecified atom stereocenters. The van der Waals surface area contributed by atoms with Crippen molar-refractivity contribution in [2.24, 2.45) is 5.73 Å². The fourth-order valence-corrected chi connectivity index (χ4v) is 3.62. The van der Waals surface area contributed by atoms with Crippen LogP contribution in [0.5, 0.6) is 0 Å². The Hall–Kier alpha value is -3.52. The molecule has 1 aromatic heterocycles. The molecule has 0 aliphatic heterocycles. The summed E-state index contributed by atoms with van der Waals surface area (Å²) < 4.78 is 53.9. The Morgan fingerprint density at radius 3 is 2.45 bits per heavy atom. The molecule has 0 saturated heterocycles. The minimum atomic E-state index is -4.57. The van der Waals surface area contributed by atoms with Crippen LogP contribution in [0.4, 0.5) is 23.4 Å². The van der Waals surface area contributed by atoms with E-state index in [4.69, 9.17) is 10.7 Å². The van der Waals surface area contributed by atoms with Crippen molar-refractivity contribution >= 4 is 16.7 Å². The molecule has 0 aliphatic rings. The molecule has 0 bridgehead atoms. The van der Waals surface area contributed by atoms with Gasteiger partial charge < -0.3 is 11.1 Å². The van der Waals surface area contributed by atoms with Crippen molar-refractivity contribution in [3.8, 4) is 22.5 Å². The predicted molar refractivity (Wildman–Crippen MR) is 122 cm³/mol. The molecule has 4 aromatic rings. The van der Waals surface area contributed by atoms with Crippen LogP contribution in [0.15, 0.2) is 60.7 Å². The first-order valence-electron chi connectivity index (χ1n) is 10.5. The number of fused-ring (bicyclic) bond motifs is 1. The summed E-state index contributed by atoms with van der Waals surface area (Å²) in [6.07, 6.45) is -3.81. The van der Waals surface area contributed by atoms with Gasteiger partial charge in [0.25, 0.3) is 0 Å². The third kappa shape index (κ3) is 4.80. The zero-order chi connectivity index (χ0) is 23.6. The van der Waals surface area contributed by atoms with E-state index in [9.17, 15) is 17.6 Å². The molecule has 8 heteroatoms. The van der Waals surface area contributed by atoms with Crippen molar-refractivity contribution in [2.45, 2.75) is 19.5 Å². The van der Waals surface area contributed by atoms with Gasteiger partial charge >= 0.3 is 6.18 Å². The summed E-state index contributed by atoms with van der Waals surface area (Å²) >= 11 is 0. The Balaban J connectivity index is 1.82. The number of rotatable bonds is 6. The SMILES string of the molecule is Cc1cccc2c(NCCCN)nc(-c3cccc(-c4cc(C(F)(F)F)ccc4F)c3)nc12. The van der Waals surface area contributed by atoms with E-state index in [0.717, 1.165) is 41.1 Å². The van der Waals surface area contributed by atoms with Crippen LogP contribution in [0, 0.1) is 12.7 Å². The number of halogens is 4. The molecule has 4 nitrogen and oxygen atoms in total. The van der Waals surface area contributed by atoms with Crippen LogP contribution < -0.4 is 11.1 Å². The molecular weight excluding hydrogens is 432 g/mol. The molecule has 33 heavy (non-hydrogen) atoms. The molecule has 3 N–H and O–H groups in total. The minimum absolute atomic E-state index is 0.134. The maximum Gasteiger partial charge on any atom is 0.416 e. The molecule has 0 fully saturated rings. The molecule has 0 aliphatic carbocycles. The number of hydrogen-bond acceptors (Lipinski definition) is 4. The third-order valence-electron chi connectivity index (χ3n) is 5.33. The number of aromatic nitrogens is 2. The lowest BCUT2D eigenvalue weighted by molar-refractivity contribution is -0.137. The lowest BCUT2D eigenvalue weighted by Crippen LogP contribution is -2.10. The van der Waals surface area contributed by atoms with Gasteiger partial charge in [0.1, 0.15) is 11.6 Å². The van der Waals surface area contributed by atoms with E-state index in [-0.39, 0.29) is 5.56 Å². The van der Waals surface area contributed by atoms with Crippen molar-refractivity contribution < 1.29 is 17.6 Å². The van der Waals surface area contributed by atoms with Crippen molar-refractivity contribution in [1.82, 2.24) is 9.97 Å². The summed E-state index contributed by atoms with van der Waals surface area (Å²) in [6, 6.07) is 14.7. The number of benzene rings is 3. The van der Waals surface area contributed by atoms with Gasteiger partial charge in [0.2, 0.25) is 0 Å². The first kappa shape index (κ1) is 22.7. The van der Waals surface area contributed by atoms with E-state index in [2.05, 4.69) is 10.3 Å². The summed E-state index contributed by atoms with van der Waals surface area (Å²) in [5.41, 5.74) is 7.14. The van der Waals surface area contributed by atoms with Crippen molar-refractivity contribution in [3.05, 3.63) is 77.6 Å². The lowest BCUT2D eigenvalue weighted by Gasteiger charge is -2.13. The van der Waals surface area contributed by atoms with Gasteiger partial charge in [-0.25, -0.2) is 14.4 Å². The van der Waals surface area contributed by atoms with Crippen LogP contribution in [0.3, 0.4) is 0 Å². The Morgan fingerprint density at radius 2 is 1.70 bits per heavy atom. The fraction of sp³-hybridized carbons (Fsp3) is 0.200.